The van der Waals surface area contributed by atoms with Gasteiger partial charge in [-0.1, -0.05) is 60.7 Å². The maximum Gasteiger partial charge on any atom is 0.149 e. The minimum absolute atomic E-state index is 0.155. The summed E-state index contributed by atoms with van der Waals surface area (Å²) in [4.78, 5) is 3.98. The molecular formula is C18H14NO. The van der Waals surface area contributed by atoms with Gasteiger partial charge >= 0.3 is 0 Å². The highest BCUT2D eigenvalue weighted by molar-refractivity contribution is 5.32. The first-order valence-corrected chi connectivity index (χ1v) is 6.53. The molecule has 0 N–H and O–H groups in total. The molecule has 0 fully saturated rings. The van der Waals surface area contributed by atoms with Crippen molar-refractivity contribution in [2.75, 3.05) is 0 Å². The fourth-order valence-electron chi connectivity index (χ4n) is 2.09. The zero-order valence-electron chi connectivity index (χ0n) is 10.9. The Balaban J connectivity index is 1.96. The number of nitrogens with zero attached hydrogens (tertiary/aromatic N) is 1. The van der Waals surface area contributed by atoms with Crippen LogP contribution in [0.4, 0.5) is 0 Å². The Labute approximate surface area is 118 Å². The summed E-state index contributed by atoms with van der Waals surface area (Å²) in [5, 5.41) is 0. The van der Waals surface area contributed by atoms with Crippen LogP contribution in [0.15, 0.2) is 79.0 Å². The molecular weight excluding hydrogens is 246 g/mol. The molecule has 0 spiro atoms. The Morgan fingerprint density at radius 3 is 1.85 bits per heavy atom. The SMILES string of the molecule is [c]1ncccc1OC(c1ccccc1)c1ccccc1. The van der Waals surface area contributed by atoms with E-state index in [1.165, 1.54) is 0 Å². The van der Waals surface area contributed by atoms with Gasteiger partial charge in [-0.2, -0.15) is 0 Å². The van der Waals surface area contributed by atoms with Crippen molar-refractivity contribution in [2.24, 2.45) is 0 Å². The van der Waals surface area contributed by atoms with Gasteiger partial charge in [0.1, 0.15) is 18.1 Å². The largest absolute Gasteiger partial charge is 0.479 e. The first kappa shape index (κ1) is 12.4. The first-order chi connectivity index (χ1) is 9.93. The van der Waals surface area contributed by atoms with E-state index in [1.54, 1.807) is 6.20 Å². The number of aromatic nitrogens is 1. The van der Waals surface area contributed by atoms with Crippen molar-refractivity contribution in [2.45, 2.75) is 6.10 Å². The Hall–Kier alpha value is -2.61. The van der Waals surface area contributed by atoms with Crippen LogP contribution in [-0.2, 0) is 0 Å². The molecule has 1 radical (unpaired) electrons. The molecule has 0 atom stereocenters. The summed E-state index contributed by atoms with van der Waals surface area (Å²) < 4.78 is 6.07. The van der Waals surface area contributed by atoms with E-state index in [4.69, 9.17) is 4.74 Å². The molecule has 0 unspecified atom stereocenters. The van der Waals surface area contributed by atoms with Crippen LogP contribution >= 0.6 is 0 Å². The minimum atomic E-state index is -0.155. The molecule has 97 valence electrons. The van der Waals surface area contributed by atoms with Crippen LogP contribution in [-0.4, -0.2) is 4.98 Å². The number of rotatable bonds is 4. The Morgan fingerprint density at radius 1 is 0.750 bits per heavy atom. The third kappa shape index (κ3) is 2.86. The molecule has 2 heteroatoms. The third-order valence-electron chi connectivity index (χ3n) is 3.03. The van der Waals surface area contributed by atoms with Crippen molar-refractivity contribution in [3.05, 3.63) is 96.3 Å². The van der Waals surface area contributed by atoms with Crippen molar-refractivity contribution in [1.29, 1.82) is 0 Å². The number of hydrogen-bond donors (Lipinski definition) is 0. The van der Waals surface area contributed by atoms with Crippen LogP contribution in [0.5, 0.6) is 5.75 Å². The number of pyridine rings is 1. The van der Waals surface area contributed by atoms with Gasteiger partial charge in [0, 0.05) is 6.20 Å². The van der Waals surface area contributed by atoms with Crippen molar-refractivity contribution in [1.82, 2.24) is 4.98 Å². The molecule has 3 rings (SSSR count). The number of ether oxygens (including phenoxy) is 1. The van der Waals surface area contributed by atoms with Crippen LogP contribution < -0.4 is 4.74 Å². The second-order valence-corrected chi connectivity index (χ2v) is 4.43. The summed E-state index contributed by atoms with van der Waals surface area (Å²) in [5.41, 5.74) is 2.21. The van der Waals surface area contributed by atoms with Gasteiger partial charge in [-0.15, -0.1) is 0 Å². The molecule has 0 bridgehead atoms. The standard InChI is InChI=1S/C18H14NO/c1-3-8-15(9-4-1)18(16-10-5-2-6-11-16)20-17-12-7-13-19-14-17/h1-13,18H. The van der Waals surface area contributed by atoms with Gasteiger partial charge < -0.3 is 4.74 Å². The van der Waals surface area contributed by atoms with E-state index in [0.717, 1.165) is 11.1 Å². The molecule has 1 heterocycles. The van der Waals surface area contributed by atoms with E-state index in [-0.39, 0.29) is 6.10 Å². The molecule has 20 heavy (non-hydrogen) atoms. The number of benzene rings is 2. The van der Waals surface area contributed by atoms with Gasteiger partial charge in [0.15, 0.2) is 0 Å². The van der Waals surface area contributed by atoms with E-state index in [1.807, 2.05) is 48.5 Å². The summed E-state index contributed by atoms with van der Waals surface area (Å²) in [6.07, 6.45) is 4.40. The van der Waals surface area contributed by atoms with Crippen LogP contribution in [0.25, 0.3) is 0 Å². The van der Waals surface area contributed by atoms with Gasteiger partial charge in [-0.25, -0.2) is 0 Å². The monoisotopic (exact) mass is 260 g/mol. The van der Waals surface area contributed by atoms with E-state index in [9.17, 15) is 0 Å². The van der Waals surface area contributed by atoms with Crippen LogP contribution in [0.2, 0.25) is 0 Å². The van der Waals surface area contributed by atoms with E-state index < -0.39 is 0 Å². The average Bonchev–Trinajstić information content (AvgIpc) is 2.55. The van der Waals surface area contributed by atoms with Crippen molar-refractivity contribution < 1.29 is 4.74 Å². The highest BCUT2D eigenvalue weighted by atomic mass is 16.5. The normalized spacial score (nSPS) is 10.4. The Kier molecular flexibility index (Phi) is 3.74. The summed E-state index contributed by atoms with van der Waals surface area (Å²) >= 11 is 0. The predicted molar refractivity (Wildman–Crippen MR) is 78.4 cm³/mol. The smallest absolute Gasteiger partial charge is 0.149 e. The molecule has 0 aliphatic carbocycles. The van der Waals surface area contributed by atoms with Gasteiger partial charge in [0.25, 0.3) is 0 Å². The fourth-order valence-corrected chi connectivity index (χ4v) is 2.09. The van der Waals surface area contributed by atoms with Crippen LogP contribution in [0.1, 0.15) is 17.2 Å². The van der Waals surface area contributed by atoms with Gasteiger partial charge in [0.2, 0.25) is 0 Å². The molecule has 2 nitrogen and oxygen atoms in total. The second kappa shape index (κ2) is 6.02. The molecule has 0 aliphatic heterocycles. The molecule has 1 aromatic heterocycles. The lowest BCUT2D eigenvalue weighted by atomic mass is 10.0. The molecule has 0 aliphatic rings. The van der Waals surface area contributed by atoms with Crippen molar-refractivity contribution >= 4 is 0 Å². The molecule has 3 aromatic rings. The van der Waals surface area contributed by atoms with Crippen LogP contribution in [0, 0.1) is 6.20 Å². The summed E-state index contributed by atoms with van der Waals surface area (Å²) in [5.74, 6) is 0.644. The lowest BCUT2D eigenvalue weighted by Crippen LogP contribution is -2.09. The van der Waals surface area contributed by atoms with Crippen molar-refractivity contribution in [3.63, 3.8) is 0 Å². The van der Waals surface area contributed by atoms with Gasteiger partial charge in [0.05, 0.1) is 0 Å². The van der Waals surface area contributed by atoms with Gasteiger partial charge in [-0.3, -0.25) is 4.98 Å². The summed E-state index contributed by atoms with van der Waals surface area (Å²) in [6.45, 7) is 0. The Morgan fingerprint density at radius 2 is 1.35 bits per heavy atom. The fraction of sp³-hybridized carbons (Fsp3) is 0.0556. The van der Waals surface area contributed by atoms with Crippen molar-refractivity contribution in [3.8, 4) is 5.75 Å². The zero-order valence-corrected chi connectivity index (χ0v) is 10.9. The quantitative estimate of drug-likeness (QED) is 0.706. The molecule has 0 saturated heterocycles. The first-order valence-electron chi connectivity index (χ1n) is 6.53. The van der Waals surface area contributed by atoms with E-state index in [0.29, 0.717) is 5.75 Å². The highest BCUT2D eigenvalue weighted by Crippen LogP contribution is 2.27. The van der Waals surface area contributed by atoms with E-state index in [2.05, 4.69) is 35.4 Å². The summed E-state index contributed by atoms with van der Waals surface area (Å²) in [6, 6.07) is 24.0. The summed E-state index contributed by atoms with van der Waals surface area (Å²) in [7, 11) is 0. The highest BCUT2D eigenvalue weighted by Gasteiger charge is 2.15. The lowest BCUT2D eigenvalue weighted by molar-refractivity contribution is 0.245. The topological polar surface area (TPSA) is 22.1 Å². The average molecular weight is 260 g/mol. The van der Waals surface area contributed by atoms with Gasteiger partial charge in [-0.05, 0) is 23.3 Å². The lowest BCUT2D eigenvalue weighted by Gasteiger charge is -2.19. The second-order valence-electron chi connectivity index (χ2n) is 4.43. The predicted octanol–water partition coefficient (Wildman–Crippen LogP) is 4.05. The molecule has 2 aromatic carbocycles. The third-order valence-corrected chi connectivity index (χ3v) is 3.03. The zero-order chi connectivity index (χ0) is 13.6. The maximum atomic E-state index is 6.07. The van der Waals surface area contributed by atoms with E-state index >= 15 is 0 Å². The molecule has 0 saturated carbocycles. The maximum absolute atomic E-state index is 6.07. The number of hydrogen-bond acceptors (Lipinski definition) is 2. The minimum Gasteiger partial charge on any atom is -0.479 e. The Bertz CT molecular complexity index is 599. The van der Waals surface area contributed by atoms with Crippen LogP contribution in [0.3, 0.4) is 0 Å². The molecule has 0 amide bonds.